The Morgan fingerprint density at radius 1 is 1.20 bits per heavy atom. The lowest BCUT2D eigenvalue weighted by molar-refractivity contribution is -0.116. The average Bonchev–Trinajstić information content (AvgIpc) is 2.60. The van der Waals surface area contributed by atoms with Gasteiger partial charge >= 0.3 is 0 Å². The Balaban J connectivity index is 1.99. The Labute approximate surface area is 144 Å². The van der Waals surface area contributed by atoms with Crippen LogP contribution in [0, 0.1) is 11.6 Å². The number of amides is 1. The summed E-state index contributed by atoms with van der Waals surface area (Å²) in [6, 6.07) is 10.5. The van der Waals surface area contributed by atoms with Gasteiger partial charge in [-0.1, -0.05) is 18.2 Å². The van der Waals surface area contributed by atoms with Gasteiger partial charge in [-0.05, 0) is 42.3 Å². The molecular formula is C19H19F2NO3. The lowest BCUT2D eigenvalue weighted by atomic mass is 10.1. The van der Waals surface area contributed by atoms with Crippen LogP contribution in [0.5, 0.6) is 5.75 Å². The number of rotatable bonds is 6. The molecule has 0 saturated heterocycles. The van der Waals surface area contributed by atoms with E-state index in [9.17, 15) is 18.7 Å². The highest BCUT2D eigenvalue weighted by Gasteiger charge is 2.18. The minimum Gasteiger partial charge on any atom is -0.497 e. The van der Waals surface area contributed by atoms with Gasteiger partial charge < -0.3 is 15.2 Å². The molecule has 2 rings (SSSR count). The molecule has 0 aliphatic rings. The van der Waals surface area contributed by atoms with Gasteiger partial charge in [-0.2, -0.15) is 0 Å². The number of halogens is 2. The number of aliphatic hydroxyl groups excluding tert-OH is 1. The monoisotopic (exact) mass is 347 g/mol. The Kier molecular flexibility index (Phi) is 6.25. The first-order chi connectivity index (χ1) is 11.9. The normalized spacial score (nSPS) is 12.6. The zero-order valence-electron chi connectivity index (χ0n) is 13.9. The van der Waals surface area contributed by atoms with Gasteiger partial charge in [-0.25, -0.2) is 8.78 Å². The molecule has 6 heteroatoms. The lowest BCUT2D eigenvalue weighted by Crippen LogP contribution is -2.27. The first-order valence-corrected chi connectivity index (χ1v) is 7.65. The van der Waals surface area contributed by atoms with Crippen molar-refractivity contribution in [2.45, 2.75) is 13.0 Å². The first kappa shape index (κ1) is 18.6. The van der Waals surface area contributed by atoms with Gasteiger partial charge in [0, 0.05) is 12.6 Å². The van der Waals surface area contributed by atoms with Crippen molar-refractivity contribution in [3.8, 4) is 5.75 Å². The average molecular weight is 347 g/mol. The molecule has 1 amide bonds. The maximum atomic E-state index is 13.6. The number of aliphatic hydroxyl groups is 1. The number of ether oxygens (including phenoxy) is 1. The van der Waals surface area contributed by atoms with E-state index in [1.165, 1.54) is 12.1 Å². The van der Waals surface area contributed by atoms with Gasteiger partial charge in [-0.15, -0.1) is 0 Å². The SMILES string of the molecule is COc1ccc(C(C)=CC(=O)NCC(O)c2c(F)cccc2F)cc1. The van der Waals surface area contributed by atoms with E-state index in [-0.39, 0.29) is 6.54 Å². The Morgan fingerprint density at radius 3 is 2.36 bits per heavy atom. The maximum absolute atomic E-state index is 13.6. The summed E-state index contributed by atoms with van der Waals surface area (Å²) in [5, 5.41) is 12.3. The molecule has 0 radical (unpaired) electrons. The fourth-order valence-corrected chi connectivity index (χ4v) is 2.31. The van der Waals surface area contributed by atoms with Crippen molar-refractivity contribution in [1.82, 2.24) is 5.32 Å². The van der Waals surface area contributed by atoms with Crippen LogP contribution in [0.2, 0.25) is 0 Å². The van der Waals surface area contributed by atoms with Crippen molar-refractivity contribution in [2.24, 2.45) is 0 Å². The fourth-order valence-electron chi connectivity index (χ4n) is 2.31. The van der Waals surface area contributed by atoms with Gasteiger partial charge in [0.1, 0.15) is 23.5 Å². The zero-order chi connectivity index (χ0) is 18.4. The molecule has 0 aromatic heterocycles. The summed E-state index contributed by atoms with van der Waals surface area (Å²) in [6.45, 7) is 1.46. The van der Waals surface area contributed by atoms with Crippen LogP contribution in [0.3, 0.4) is 0 Å². The molecule has 0 fully saturated rings. The minimum atomic E-state index is -1.47. The second kappa shape index (κ2) is 8.39. The third kappa shape index (κ3) is 4.87. The Hall–Kier alpha value is -2.73. The van der Waals surface area contributed by atoms with E-state index >= 15 is 0 Å². The molecule has 1 atom stereocenters. The van der Waals surface area contributed by atoms with E-state index in [0.717, 1.165) is 17.7 Å². The summed E-state index contributed by atoms with van der Waals surface area (Å²) in [5.41, 5.74) is 1.07. The minimum absolute atomic E-state index is 0.303. The number of methoxy groups -OCH3 is 1. The highest BCUT2D eigenvalue weighted by Crippen LogP contribution is 2.20. The van der Waals surface area contributed by atoms with Crippen LogP contribution in [-0.4, -0.2) is 24.7 Å². The second-order valence-electron chi connectivity index (χ2n) is 5.45. The van der Waals surface area contributed by atoms with Crippen LogP contribution in [0.1, 0.15) is 24.2 Å². The lowest BCUT2D eigenvalue weighted by Gasteiger charge is -2.13. The van der Waals surface area contributed by atoms with Crippen LogP contribution in [0.15, 0.2) is 48.5 Å². The highest BCUT2D eigenvalue weighted by molar-refractivity contribution is 5.94. The molecule has 2 aromatic carbocycles. The summed E-state index contributed by atoms with van der Waals surface area (Å²) in [5.74, 6) is -1.47. The number of benzene rings is 2. The standard InChI is InChI=1S/C19H19F2NO3/c1-12(13-6-8-14(25-2)9-7-13)10-18(24)22-11-17(23)19-15(20)4-3-5-16(19)21/h3-10,17,23H,11H2,1-2H3,(H,22,24). The molecule has 0 aliphatic heterocycles. The molecule has 1 unspecified atom stereocenters. The van der Waals surface area contributed by atoms with Crippen molar-refractivity contribution in [1.29, 1.82) is 0 Å². The van der Waals surface area contributed by atoms with Crippen molar-refractivity contribution < 1.29 is 23.4 Å². The third-order valence-corrected chi connectivity index (χ3v) is 3.70. The van der Waals surface area contributed by atoms with E-state index in [1.54, 1.807) is 26.2 Å². The smallest absolute Gasteiger partial charge is 0.244 e. The van der Waals surface area contributed by atoms with E-state index < -0.39 is 29.2 Å². The summed E-state index contributed by atoms with van der Waals surface area (Å²) in [7, 11) is 1.56. The van der Waals surface area contributed by atoms with Crippen molar-refractivity contribution in [3.63, 3.8) is 0 Å². The Morgan fingerprint density at radius 2 is 1.80 bits per heavy atom. The summed E-state index contributed by atoms with van der Waals surface area (Å²) >= 11 is 0. The number of hydrogen-bond acceptors (Lipinski definition) is 3. The predicted octanol–water partition coefficient (Wildman–Crippen LogP) is 3.23. The molecule has 0 bridgehead atoms. The topological polar surface area (TPSA) is 58.6 Å². The van der Waals surface area contributed by atoms with Crippen LogP contribution >= 0.6 is 0 Å². The second-order valence-corrected chi connectivity index (χ2v) is 5.45. The third-order valence-electron chi connectivity index (χ3n) is 3.70. The molecular weight excluding hydrogens is 328 g/mol. The molecule has 2 N–H and O–H groups in total. The summed E-state index contributed by atoms with van der Waals surface area (Å²) in [4.78, 5) is 11.9. The molecule has 0 heterocycles. The van der Waals surface area contributed by atoms with Crippen molar-refractivity contribution >= 4 is 11.5 Å². The van der Waals surface area contributed by atoms with Gasteiger partial charge in [0.05, 0.1) is 12.7 Å². The van der Waals surface area contributed by atoms with E-state index in [0.29, 0.717) is 11.3 Å². The molecule has 0 saturated carbocycles. The maximum Gasteiger partial charge on any atom is 0.244 e. The number of nitrogens with one attached hydrogen (secondary N) is 1. The van der Waals surface area contributed by atoms with Crippen LogP contribution in [-0.2, 0) is 4.79 Å². The van der Waals surface area contributed by atoms with Crippen LogP contribution in [0.4, 0.5) is 8.78 Å². The van der Waals surface area contributed by atoms with Crippen LogP contribution < -0.4 is 10.1 Å². The quantitative estimate of drug-likeness (QED) is 0.789. The summed E-state index contributed by atoms with van der Waals surface area (Å²) < 4.78 is 32.2. The van der Waals surface area contributed by atoms with Gasteiger partial charge in [-0.3, -0.25) is 4.79 Å². The zero-order valence-corrected chi connectivity index (χ0v) is 13.9. The molecule has 2 aromatic rings. The van der Waals surface area contributed by atoms with Gasteiger partial charge in [0.15, 0.2) is 0 Å². The number of carbonyl (C=O) groups is 1. The van der Waals surface area contributed by atoms with Gasteiger partial charge in [0.25, 0.3) is 0 Å². The van der Waals surface area contributed by atoms with Gasteiger partial charge in [0.2, 0.25) is 5.91 Å². The van der Waals surface area contributed by atoms with Crippen LogP contribution in [0.25, 0.3) is 5.57 Å². The molecule has 4 nitrogen and oxygen atoms in total. The largest absolute Gasteiger partial charge is 0.497 e. The number of hydrogen-bond donors (Lipinski definition) is 2. The molecule has 132 valence electrons. The van der Waals surface area contributed by atoms with E-state index in [4.69, 9.17) is 4.74 Å². The molecule has 0 aliphatic carbocycles. The van der Waals surface area contributed by atoms with E-state index in [2.05, 4.69) is 5.32 Å². The van der Waals surface area contributed by atoms with Crippen molar-refractivity contribution in [3.05, 3.63) is 71.3 Å². The molecule has 0 spiro atoms. The highest BCUT2D eigenvalue weighted by atomic mass is 19.1. The fraction of sp³-hybridized carbons (Fsp3) is 0.211. The first-order valence-electron chi connectivity index (χ1n) is 7.65. The number of carbonyl (C=O) groups excluding carboxylic acids is 1. The molecule has 25 heavy (non-hydrogen) atoms. The predicted molar refractivity (Wildman–Crippen MR) is 91.0 cm³/mol. The Bertz CT molecular complexity index is 752. The summed E-state index contributed by atoms with van der Waals surface area (Å²) in [6.07, 6.45) is -0.119. The number of allylic oxidation sites excluding steroid dienone is 1. The van der Waals surface area contributed by atoms with Crippen molar-refractivity contribution in [2.75, 3.05) is 13.7 Å². The van der Waals surface area contributed by atoms with E-state index in [1.807, 2.05) is 12.1 Å².